The van der Waals surface area contributed by atoms with Gasteiger partial charge < -0.3 is 19.4 Å². The second-order valence-corrected chi connectivity index (χ2v) is 6.99. The third kappa shape index (κ3) is 4.66. The molecular formula is C18H25ClN8O. The lowest BCUT2D eigenvalue weighted by atomic mass is 10.3. The normalized spacial score (nSPS) is 14.1. The minimum atomic E-state index is 0.186. The molecule has 0 aromatic carbocycles. The van der Waals surface area contributed by atoms with Gasteiger partial charge in [0.05, 0.1) is 13.2 Å². The molecule has 0 atom stereocenters. The van der Waals surface area contributed by atoms with Crippen LogP contribution in [0.25, 0.3) is 0 Å². The highest BCUT2D eigenvalue weighted by molar-refractivity contribution is 6.28. The Labute approximate surface area is 170 Å². The van der Waals surface area contributed by atoms with E-state index in [9.17, 15) is 0 Å². The van der Waals surface area contributed by atoms with Crippen LogP contribution in [0.2, 0.25) is 5.28 Å². The van der Waals surface area contributed by atoms with Crippen LogP contribution in [0.15, 0.2) is 17.4 Å². The summed E-state index contributed by atoms with van der Waals surface area (Å²) < 4.78 is 5.42. The molecule has 0 radical (unpaired) electrons. The summed E-state index contributed by atoms with van der Waals surface area (Å²) in [5, 5.41) is 0.186. The van der Waals surface area contributed by atoms with E-state index in [4.69, 9.17) is 16.3 Å². The number of aromatic nitrogens is 4. The van der Waals surface area contributed by atoms with E-state index >= 15 is 0 Å². The molecule has 0 N–H and O–H groups in total. The van der Waals surface area contributed by atoms with Crippen LogP contribution in [0, 0.1) is 6.92 Å². The van der Waals surface area contributed by atoms with Crippen molar-refractivity contribution in [3.05, 3.63) is 23.2 Å². The largest absolute Gasteiger partial charge is 0.378 e. The third-order valence-electron chi connectivity index (χ3n) is 4.53. The van der Waals surface area contributed by atoms with Crippen molar-refractivity contribution in [1.29, 1.82) is 0 Å². The van der Waals surface area contributed by atoms with E-state index in [1.54, 1.807) is 12.4 Å². The van der Waals surface area contributed by atoms with Gasteiger partial charge in [0.1, 0.15) is 5.69 Å². The Balaban J connectivity index is 1.76. The molecule has 0 bridgehead atoms. The summed E-state index contributed by atoms with van der Waals surface area (Å²) in [4.78, 5) is 27.8. The number of aliphatic imine (C=N–C) groups is 1. The maximum absolute atomic E-state index is 6.22. The number of likely N-dealkylation sites (N-methyl/N-ethyl adjacent to an activating group) is 2. The molecule has 9 nitrogen and oxygen atoms in total. The number of morpholine rings is 1. The van der Waals surface area contributed by atoms with Gasteiger partial charge in [-0.2, -0.15) is 9.97 Å². The van der Waals surface area contributed by atoms with Crippen LogP contribution in [0.1, 0.15) is 5.56 Å². The molecule has 1 aliphatic heterocycles. The Kier molecular flexibility index (Phi) is 6.58. The molecule has 10 heteroatoms. The van der Waals surface area contributed by atoms with Gasteiger partial charge in [-0.3, -0.25) is 4.99 Å². The van der Waals surface area contributed by atoms with Crippen molar-refractivity contribution in [3.8, 4) is 0 Å². The van der Waals surface area contributed by atoms with Crippen molar-refractivity contribution in [2.24, 2.45) is 4.99 Å². The van der Waals surface area contributed by atoms with Crippen LogP contribution >= 0.6 is 11.6 Å². The van der Waals surface area contributed by atoms with Crippen molar-refractivity contribution < 1.29 is 4.74 Å². The van der Waals surface area contributed by atoms with Gasteiger partial charge in [0.15, 0.2) is 11.6 Å². The van der Waals surface area contributed by atoms with Crippen LogP contribution in [0.4, 0.5) is 23.3 Å². The van der Waals surface area contributed by atoms with Gasteiger partial charge in [0, 0.05) is 52.7 Å². The fourth-order valence-electron chi connectivity index (χ4n) is 2.90. The maximum Gasteiger partial charge on any atom is 0.226 e. The van der Waals surface area contributed by atoms with Crippen LogP contribution in [-0.4, -0.2) is 80.1 Å². The number of anilines is 3. The first-order chi connectivity index (χ1) is 13.5. The van der Waals surface area contributed by atoms with Gasteiger partial charge in [-0.25, -0.2) is 9.97 Å². The molecule has 1 aliphatic rings. The third-order valence-corrected chi connectivity index (χ3v) is 4.70. The van der Waals surface area contributed by atoms with Gasteiger partial charge in [-0.1, -0.05) is 0 Å². The molecule has 28 heavy (non-hydrogen) atoms. The number of nitrogens with zero attached hydrogens (tertiary/aromatic N) is 8. The average Bonchev–Trinajstić information content (AvgIpc) is 2.72. The van der Waals surface area contributed by atoms with Crippen molar-refractivity contribution >= 4 is 41.6 Å². The molecule has 0 spiro atoms. The maximum atomic E-state index is 6.22. The zero-order chi connectivity index (χ0) is 20.1. The number of aryl methyl sites for hydroxylation is 1. The zero-order valence-electron chi connectivity index (χ0n) is 16.5. The fourth-order valence-corrected chi connectivity index (χ4v) is 3.06. The highest BCUT2D eigenvalue weighted by Gasteiger charge is 2.22. The Morgan fingerprint density at radius 3 is 2.43 bits per heavy atom. The fraction of sp³-hybridized carbons (Fsp3) is 0.500. The summed E-state index contributed by atoms with van der Waals surface area (Å²) >= 11 is 6.22. The molecule has 0 saturated carbocycles. The SMILES string of the molecule is C=Nc1c(N(C)CCN(C)c2ncc(C)cn2)nc(Cl)nc1N1CCOCC1. The topological polar surface area (TPSA) is 82.9 Å². The molecule has 3 rings (SSSR count). The monoisotopic (exact) mass is 404 g/mol. The van der Waals surface area contributed by atoms with Gasteiger partial charge >= 0.3 is 0 Å². The van der Waals surface area contributed by atoms with Gasteiger partial charge in [-0.05, 0) is 30.8 Å². The van der Waals surface area contributed by atoms with E-state index in [0.717, 1.165) is 18.7 Å². The Morgan fingerprint density at radius 1 is 1.14 bits per heavy atom. The molecule has 3 heterocycles. The first-order valence-corrected chi connectivity index (χ1v) is 9.45. The van der Waals surface area contributed by atoms with E-state index < -0.39 is 0 Å². The Bertz CT molecular complexity index is 810. The van der Waals surface area contributed by atoms with Gasteiger partial charge in [0.2, 0.25) is 11.2 Å². The van der Waals surface area contributed by atoms with E-state index in [1.165, 1.54) is 0 Å². The summed E-state index contributed by atoms with van der Waals surface area (Å²) in [6, 6.07) is 0. The molecule has 0 amide bonds. The lowest BCUT2D eigenvalue weighted by Crippen LogP contribution is -2.37. The number of ether oxygens (including phenoxy) is 1. The zero-order valence-corrected chi connectivity index (χ0v) is 17.2. The molecule has 0 unspecified atom stereocenters. The summed E-state index contributed by atoms with van der Waals surface area (Å²) in [7, 11) is 3.90. The second-order valence-electron chi connectivity index (χ2n) is 6.65. The van der Waals surface area contributed by atoms with Crippen LogP contribution in [0.5, 0.6) is 0 Å². The first kappa shape index (κ1) is 20.2. The smallest absolute Gasteiger partial charge is 0.226 e. The molecule has 150 valence electrons. The number of rotatable bonds is 7. The highest BCUT2D eigenvalue weighted by Crippen LogP contribution is 2.36. The van der Waals surface area contributed by atoms with Crippen LogP contribution in [0.3, 0.4) is 0 Å². The van der Waals surface area contributed by atoms with Crippen molar-refractivity contribution in [1.82, 2.24) is 19.9 Å². The first-order valence-electron chi connectivity index (χ1n) is 9.07. The van der Waals surface area contributed by atoms with Crippen LogP contribution < -0.4 is 14.7 Å². The van der Waals surface area contributed by atoms with E-state index in [1.807, 2.05) is 30.8 Å². The summed E-state index contributed by atoms with van der Waals surface area (Å²) in [6.45, 7) is 9.80. The van der Waals surface area contributed by atoms with Crippen molar-refractivity contribution in [2.75, 3.05) is 68.2 Å². The predicted molar refractivity (Wildman–Crippen MR) is 113 cm³/mol. The van der Waals surface area contributed by atoms with Crippen LogP contribution in [-0.2, 0) is 4.74 Å². The second kappa shape index (κ2) is 9.11. The quantitative estimate of drug-likeness (QED) is 0.511. The summed E-state index contributed by atoms with van der Waals surface area (Å²) in [6.07, 6.45) is 3.61. The summed E-state index contributed by atoms with van der Waals surface area (Å²) in [5.74, 6) is 2.01. The Hall–Kier alpha value is -2.52. The van der Waals surface area contributed by atoms with E-state index in [0.29, 0.717) is 49.6 Å². The molecule has 2 aromatic heterocycles. The molecule has 1 fully saturated rings. The molecule has 0 aliphatic carbocycles. The van der Waals surface area contributed by atoms with E-state index in [2.05, 4.69) is 36.5 Å². The molecule has 2 aromatic rings. The lowest BCUT2D eigenvalue weighted by Gasteiger charge is -2.30. The lowest BCUT2D eigenvalue weighted by molar-refractivity contribution is 0.122. The molecular weight excluding hydrogens is 380 g/mol. The minimum Gasteiger partial charge on any atom is -0.378 e. The molecule has 1 saturated heterocycles. The van der Waals surface area contributed by atoms with Gasteiger partial charge in [-0.15, -0.1) is 0 Å². The standard InChI is InChI=1S/C18H25ClN8O/c1-13-11-21-18(22-12-13)26(4)6-5-25(3)15-14(20-2)16(24-17(19)23-15)27-7-9-28-10-8-27/h11-12H,2,5-10H2,1,3-4H3. The van der Waals surface area contributed by atoms with Crippen molar-refractivity contribution in [2.45, 2.75) is 6.92 Å². The number of hydrogen-bond acceptors (Lipinski definition) is 9. The van der Waals surface area contributed by atoms with E-state index in [-0.39, 0.29) is 5.28 Å². The Morgan fingerprint density at radius 2 is 1.79 bits per heavy atom. The number of halogens is 1. The predicted octanol–water partition coefficient (Wildman–Crippen LogP) is 1.97. The van der Waals surface area contributed by atoms with Gasteiger partial charge in [0.25, 0.3) is 0 Å². The van der Waals surface area contributed by atoms with Crippen molar-refractivity contribution in [3.63, 3.8) is 0 Å². The average molecular weight is 405 g/mol. The number of hydrogen-bond donors (Lipinski definition) is 0. The summed E-state index contributed by atoms with van der Waals surface area (Å²) in [5.41, 5.74) is 1.66. The highest BCUT2D eigenvalue weighted by atomic mass is 35.5. The minimum absolute atomic E-state index is 0.186.